The second kappa shape index (κ2) is 17.1. The maximum absolute atomic E-state index is 4.05. The highest BCUT2D eigenvalue weighted by molar-refractivity contribution is 5.61. The average molecular weight is 371 g/mol. The number of hydrogen-bond acceptors (Lipinski definition) is 0. The molecule has 1 aromatic rings. The van der Waals surface area contributed by atoms with E-state index in [1.807, 2.05) is 0 Å². The Kier molecular flexibility index (Phi) is 15.2. The van der Waals surface area contributed by atoms with E-state index in [2.05, 4.69) is 44.7 Å². The average Bonchev–Trinajstić information content (AvgIpc) is 2.68. The van der Waals surface area contributed by atoms with E-state index >= 15 is 0 Å². The molecule has 0 atom stereocenters. The van der Waals surface area contributed by atoms with Crippen molar-refractivity contribution in [3.63, 3.8) is 0 Å². The minimum Gasteiger partial charge on any atom is -0.0955 e. The van der Waals surface area contributed by atoms with Crippen molar-refractivity contribution in [2.24, 2.45) is 0 Å². The molecule has 0 spiro atoms. The van der Waals surface area contributed by atoms with E-state index in [4.69, 9.17) is 0 Å². The van der Waals surface area contributed by atoms with Gasteiger partial charge < -0.3 is 0 Å². The molecule has 0 heterocycles. The number of benzene rings is 1. The van der Waals surface area contributed by atoms with Gasteiger partial charge in [-0.1, -0.05) is 140 Å². The van der Waals surface area contributed by atoms with Crippen molar-refractivity contribution < 1.29 is 0 Å². The molecule has 0 aliphatic heterocycles. The molecule has 0 aromatic heterocycles. The van der Waals surface area contributed by atoms with Gasteiger partial charge in [0.05, 0.1) is 0 Å². The van der Waals surface area contributed by atoms with Crippen LogP contribution in [0.25, 0.3) is 5.57 Å². The molecule has 0 aliphatic rings. The fourth-order valence-electron chi connectivity index (χ4n) is 3.87. The standard InChI is InChI=1S/C27H46/c1-4-5-6-7-8-9-10-11-12-13-14-15-16-17-18-19-21-26-22-20-23-27(24-26)25(2)3/h20,22-24H,2,4-19,21H2,1,3H3. The maximum atomic E-state index is 4.05. The zero-order chi connectivity index (χ0) is 19.6. The summed E-state index contributed by atoms with van der Waals surface area (Å²) in [5, 5.41) is 0. The summed E-state index contributed by atoms with van der Waals surface area (Å²) in [7, 11) is 0. The van der Waals surface area contributed by atoms with Crippen molar-refractivity contribution in [1.29, 1.82) is 0 Å². The van der Waals surface area contributed by atoms with Crippen LogP contribution in [0.3, 0.4) is 0 Å². The first-order valence-electron chi connectivity index (χ1n) is 12.0. The lowest BCUT2D eigenvalue weighted by atomic mass is 10.0. The van der Waals surface area contributed by atoms with Crippen LogP contribution in [0.5, 0.6) is 0 Å². The Bertz CT molecular complexity index is 471. The van der Waals surface area contributed by atoms with Gasteiger partial charge in [0.1, 0.15) is 0 Å². The molecule has 27 heavy (non-hydrogen) atoms. The molecule has 0 amide bonds. The van der Waals surface area contributed by atoms with E-state index < -0.39 is 0 Å². The number of unbranched alkanes of at least 4 members (excludes halogenated alkanes) is 15. The van der Waals surface area contributed by atoms with Crippen LogP contribution in [-0.4, -0.2) is 0 Å². The highest BCUT2D eigenvalue weighted by Gasteiger charge is 1.98. The van der Waals surface area contributed by atoms with Gasteiger partial charge in [0.2, 0.25) is 0 Å². The third kappa shape index (κ3) is 13.7. The molecule has 1 aromatic carbocycles. The molecule has 0 aliphatic carbocycles. The molecule has 1 rings (SSSR count). The largest absolute Gasteiger partial charge is 0.0955 e. The van der Waals surface area contributed by atoms with Gasteiger partial charge in [-0.05, 0) is 30.9 Å². The zero-order valence-electron chi connectivity index (χ0n) is 18.5. The molecule has 154 valence electrons. The van der Waals surface area contributed by atoms with Gasteiger partial charge in [-0.15, -0.1) is 0 Å². The fourth-order valence-corrected chi connectivity index (χ4v) is 3.87. The van der Waals surface area contributed by atoms with Crippen LogP contribution in [0.4, 0.5) is 0 Å². The summed E-state index contributed by atoms with van der Waals surface area (Å²) in [5.41, 5.74) is 3.94. The summed E-state index contributed by atoms with van der Waals surface area (Å²) in [6, 6.07) is 8.91. The minimum atomic E-state index is 1.17. The molecular formula is C27H46. The lowest BCUT2D eigenvalue weighted by Gasteiger charge is -2.06. The van der Waals surface area contributed by atoms with Crippen LogP contribution in [0.15, 0.2) is 30.8 Å². The van der Waals surface area contributed by atoms with E-state index in [1.54, 1.807) is 0 Å². The SMILES string of the molecule is C=C(C)c1cccc(CCCCCCCCCCCCCCCCCC)c1. The van der Waals surface area contributed by atoms with Crippen molar-refractivity contribution in [3.05, 3.63) is 42.0 Å². The fraction of sp³-hybridized carbons (Fsp3) is 0.704. The number of rotatable bonds is 18. The van der Waals surface area contributed by atoms with Crippen molar-refractivity contribution in [1.82, 2.24) is 0 Å². The van der Waals surface area contributed by atoms with E-state index in [1.165, 1.54) is 126 Å². The summed E-state index contributed by atoms with van der Waals surface area (Å²) in [5.74, 6) is 0. The Morgan fingerprint density at radius 2 is 1.11 bits per heavy atom. The molecule has 0 N–H and O–H groups in total. The van der Waals surface area contributed by atoms with Gasteiger partial charge in [0.25, 0.3) is 0 Å². The Morgan fingerprint density at radius 1 is 0.667 bits per heavy atom. The lowest BCUT2D eigenvalue weighted by molar-refractivity contribution is 0.529. The van der Waals surface area contributed by atoms with E-state index in [0.717, 1.165) is 0 Å². The third-order valence-electron chi connectivity index (χ3n) is 5.74. The van der Waals surface area contributed by atoms with Crippen LogP contribution in [0.1, 0.15) is 128 Å². The summed E-state index contributed by atoms with van der Waals surface area (Å²) < 4.78 is 0. The highest BCUT2D eigenvalue weighted by atomic mass is 14.0. The molecule has 0 saturated heterocycles. The van der Waals surface area contributed by atoms with Gasteiger partial charge >= 0.3 is 0 Å². The van der Waals surface area contributed by atoms with Crippen LogP contribution < -0.4 is 0 Å². The molecule has 0 nitrogen and oxygen atoms in total. The van der Waals surface area contributed by atoms with Crippen LogP contribution >= 0.6 is 0 Å². The Morgan fingerprint density at radius 3 is 1.56 bits per heavy atom. The first-order chi connectivity index (χ1) is 13.2. The quantitative estimate of drug-likeness (QED) is 0.226. The number of aryl methyl sites for hydroxylation is 1. The van der Waals surface area contributed by atoms with Crippen LogP contribution in [0, 0.1) is 0 Å². The monoisotopic (exact) mass is 370 g/mol. The summed E-state index contributed by atoms with van der Waals surface area (Å²) in [4.78, 5) is 0. The topological polar surface area (TPSA) is 0 Å². The molecule has 0 heteroatoms. The van der Waals surface area contributed by atoms with Crippen LogP contribution in [0.2, 0.25) is 0 Å². The normalized spacial score (nSPS) is 11.0. The zero-order valence-corrected chi connectivity index (χ0v) is 18.5. The van der Waals surface area contributed by atoms with Crippen LogP contribution in [-0.2, 0) is 6.42 Å². The second-order valence-electron chi connectivity index (χ2n) is 8.53. The van der Waals surface area contributed by atoms with Gasteiger partial charge in [-0.3, -0.25) is 0 Å². The second-order valence-corrected chi connectivity index (χ2v) is 8.53. The predicted octanol–water partition coefficient (Wildman–Crippen LogP) is 9.52. The maximum Gasteiger partial charge on any atom is -0.0231 e. The molecule has 0 fully saturated rings. The van der Waals surface area contributed by atoms with Gasteiger partial charge in [0, 0.05) is 0 Å². The predicted molar refractivity (Wildman–Crippen MR) is 124 cm³/mol. The molecule has 0 unspecified atom stereocenters. The van der Waals surface area contributed by atoms with E-state index in [-0.39, 0.29) is 0 Å². The van der Waals surface area contributed by atoms with Gasteiger partial charge in [-0.2, -0.15) is 0 Å². The summed E-state index contributed by atoms with van der Waals surface area (Å²) in [6.45, 7) is 8.43. The smallest absolute Gasteiger partial charge is 0.0231 e. The first kappa shape index (κ1) is 24.0. The Balaban J connectivity index is 1.83. The highest BCUT2D eigenvalue weighted by Crippen LogP contribution is 2.17. The van der Waals surface area contributed by atoms with Gasteiger partial charge in [0.15, 0.2) is 0 Å². The Labute approximate surface area is 170 Å². The summed E-state index contributed by atoms with van der Waals surface area (Å²) >= 11 is 0. The third-order valence-corrected chi connectivity index (χ3v) is 5.74. The first-order valence-corrected chi connectivity index (χ1v) is 12.0. The van der Waals surface area contributed by atoms with Gasteiger partial charge in [-0.25, -0.2) is 0 Å². The molecule has 0 radical (unpaired) electrons. The molecule has 0 bridgehead atoms. The Hall–Kier alpha value is -1.04. The summed E-state index contributed by atoms with van der Waals surface area (Å²) in [6.07, 6.45) is 24.2. The van der Waals surface area contributed by atoms with Crippen molar-refractivity contribution >= 4 is 5.57 Å². The molecular weight excluding hydrogens is 324 g/mol. The van der Waals surface area contributed by atoms with Crippen molar-refractivity contribution in [2.45, 2.75) is 123 Å². The number of hydrogen-bond donors (Lipinski definition) is 0. The lowest BCUT2D eigenvalue weighted by Crippen LogP contribution is -1.88. The van der Waals surface area contributed by atoms with E-state index in [9.17, 15) is 0 Å². The van der Waals surface area contributed by atoms with Crippen molar-refractivity contribution in [2.75, 3.05) is 0 Å². The number of allylic oxidation sites excluding steroid dienone is 1. The van der Waals surface area contributed by atoms with Crippen molar-refractivity contribution in [3.8, 4) is 0 Å². The minimum absolute atomic E-state index is 1.17. The van der Waals surface area contributed by atoms with E-state index in [0.29, 0.717) is 0 Å². The molecule has 0 saturated carbocycles.